The lowest BCUT2D eigenvalue weighted by atomic mass is 9.95. The maximum absolute atomic E-state index is 3.63. The maximum atomic E-state index is 3.63. The summed E-state index contributed by atoms with van der Waals surface area (Å²) in [6.45, 7) is 7.99. The van der Waals surface area contributed by atoms with Crippen LogP contribution in [0.4, 0.5) is 0 Å². The average Bonchev–Trinajstić information content (AvgIpc) is 2.72. The van der Waals surface area contributed by atoms with E-state index in [1.807, 2.05) is 11.3 Å². The van der Waals surface area contributed by atoms with Crippen LogP contribution in [0.1, 0.15) is 38.5 Å². The molecule has 0 aromatic carbocycles. The van der Waals surface area contributed by atoms with E-state index in [1.165, 1.54) is 24.1 Å². The van der Waals surface area contributed by atoms with Gasteiger partial charge in [0, 0.05) is 17.5 Å². The lowest BCUT2D eigenvalue weighted by molar-refractivity contribution is 0.356. The number of thiophene rings is 1. The van der Waals surface area contributed by atoms with Crippen LogP contribution in [-0.4, -0.2) is 12.6 Å². The Morgan fingerprint density at radius 1 is 1.33 bits per heavy atom. The van der Waals surface area contributed by atoms with Crippen LogP contribution in [0.15, 0.2) is 17.5 Å². The zero-order valence-electron chi connectivity index (χ0n) is 10.1. The van der Waals surface area contributed by atoms with Crippen molar-refractivity contribution in [3.63, 3.8) is 0 Å². The SMILES string of the molecule is CCC(CC)C(C)NCCc1cccs1. The first kappa shape index (κ1) is 12.7. The van der Waals surface area contributed by atoms with E-state index in [9.17, 15) is 0 Å². The van der Waals surface area contributed by atoms with E-state index in [4.69, 9.17) is 0 Å². The number of hydrogen-bond donors (Lipinski definition) is 1. The third-order valence-corrected chi connectivity index (χ3v) is 4.11. The molecule has 86 valence electrons. The summed E-state index contributed by atoms with van der Waals surface area (Å²) in [5.74, 6) is 0.827. The molecule has 15 heavy (non-hydrogen) atoms. The van der Waals surface area contributed by atoms with Gasteiger partial charge in [-0.3, -0.25) is 0 Å². The molecule has 0 saturated heterocycles. The van der Waals surface area contributed by atoms with Gasteiger partial charge in [0.2, 0.25) is 0 Å². The largest absolute Gasteiger partial charge is 0.314 e. The van der Waals surface area contributed by atoms with Crippen LogP contribution in [-0.2, 0) is 6.42 Å². The summed E-state index contributed by atoms with van der Waals surface area (Å²) in [5.41, 5.74) is 0. The second-order valence-electron chi connectivity index (χ2n) is 4.15. The van der Waals surface area contributed by atoms with Crippen LogP contribution in [0.5, 0.6) is 0 Å². The van der Waals surface area contributed by atoms with Crippen LogP contribution < -0.4 is 5.32 Å². The average molecular weight is 225 g/mol. The van der Waals surface area contributed by atoms with E-state index in [1.54, 1.807) is 0 Å². The lowest BCUT2D eigenvalue weighted by Gasteiger charge is -2.22. The molecule has 0 bridgehead atoms. The molecule has 1 N–H and O–H groups in total. The molecule has 0 aliphatic carbocycles. The number of hydrogen-bond acceptors (Lipinski definition) is 2. The first-order valence-electron chi connectivity index (χ1n) is 6.03. The van der Waals surface area contributed by atoms with Crippen molar-refractivity contribution in [2.24, 2.45) is 5.92 Å². The number of rotatable bonds is 7. The normalized spacial score (nSPS) is 13.3. The van der Waals surface area contributed by atoms with Crippen LogP contribution in [0.2, 0.25) is 0 Å². The van der Waals surface area contributed by atoms with E-state index < -0.39 is 0 Å². The van der Waals surface area contributed by atoms with Gasteiger partial charge in [-0.1, -0.05) is 32.8 Å². The molecule has 0 radical (unpaired) electrons. The van der Waals surface area contributed by atoms with Gasteiger partial charge in [0.1, 0.15) is 0 Å². The highest BCUT2D eigenvalue weighted by molar-refractivity contribution is 7.09. The van der Waals surface area contributed by atoms with E-state index in [0.717, 1.165) is 12.5 Å². The molecule has 1 rings (SSSR count). The molecule has 1 nitrogen and oxygen atoms in total. The molecule has 1 heterocycles. The summed E-state index contributed by atoms with van der Waals surface area (Å²) in [4.78, 5) is 1.49. The van der Waals surface area contributed by atoms with Crippen molar-refractivity contribution in [1.29, 1.82) is 0 Å². The predicted molar refractivity (Wildman–Crippen MR) is 69.6 cm³/mol. The Kier molecular flexibility index (Phi) is 5.96. The predicted octanol–water partition coefficient (Wildman–Crippen LogP) is 3.70. The van der Waals surface area contributed by atoms with Gasteiger partial charge in [0.05, 0.1) is 0 Å². The molecule has 2 heteroatoms. The Hall–Kier alpha value is -0.340. The highest BCUT2D eigenvalue weighted by Crippen LogP contribution is 2.13. The van der Waals surface area contributed by atoms with Gasteiger partial charge in [-0.25, -0.2) is 0 Å². The first-order valence-corrected chi connectivity index (χ1v) is 6.91. The zero-order valence-corrected chi connectivity index (χ0v) is 10.9. The van der Waals surface area contributed by atoms with Gasteiger partial charge in [-0.15, -0.1) is 11.3 Å². The molecule has 1 atom stereocenters. The standard InChI is InChI=1S/C13H23NS/c1-4-12(5-2)11(3)14-9-8-13-7-6-10-15-13/h6-7,10-12,14H,4-5,8-9H2,1-3H3. The van der Waals surface area contributed by atoms with Gasteiger partial charge in [0.25, 0.3) is 0 Å². The fourth-order valence-electron chi connectivity index (χ4n) is 2.04. The van der Waals surface area contributed by atoms with Gasteiger partial charge >= 0.3 is 0 Å². The van der Waals surface area contributed by atoms with Crippen LogP contribution >= 0.6 is 11.3 Å². The van der Waals surface area contributed by atoms with Crippen LogP contribution in [0, 0.1) is 5.92 Å². The molecule has 1 unspecified atom stereocenters. The lowest BCUT2D eigenvalue weighted by Crippen LogP contribution is -2.34. The third kappa shape index (κ3) is 4.35. The summed E-state index contributed by atoms with van der Waals surface area (Å²) >= 11 is 1.85. The first-order chi connectivity index (χ1) is 7.27. The molecule has 0 amide bonds. The monoisotopic (exact) mass is 225 g/mol. The van der Waals surface area contributed by atoms with Gasteiger partial charge < -0.3 is 5.32 Å². The van der Waals surface area contributed by atoms with E-state index in [2.05, 4.69) is 43.6 Å². The topological polar surface area (TPSA) is 12.0 Å². The second kappa shape index (κ2) is 7.02. The second-order valence-corrected chi connectivity index (χ2v) is 5.18. The molecule has 1 aromatic heterocycles. The molecule has 0 aliphatic heterocycles. The number of nitrogens with one attached hydrogen (secondary N) is 1. The van der Waals surface area contributed by atoms with E-state index in [0.29, 0.717) is 6.04 Å². The zero-order chi connectivity index (χ0) is 11.1. The summed E-state index contributed by atoms with van der Waals surface area (Å²) in [7, 11) is 0. The Morgan fingerprint density at radius 2 is 2.07 bits per heavy atom. The minimum Gasteiger partial charge on any atom is -0.314 e. The molecule has 0 saturated carbocycles. The summed E-state index contributed by atoms with van der Waals surface area (Å²) < 4.78 is 0. The van der Waals surface area contributed by atoms with Crippen molar-refractivity contribution < 1.29 is 0 Å². The minimum atomic E-state index is 0.653. The smallest absolute Gasteiger partial charge is 0.00669 e. The molecular weight excluding hydrogens is 202 g/mol. The molecule has 0 spiro atoms. The van der Waals surface area contributed by atoms with Crippen molar-refractivity contribution in [2.75, 3.05) is 6.54 Å². The summed E-state index contributed by atoms with van der Waals surface area (Å²) in [6, 6.07) is 5.00. The molecule has 0 aliphatic rings. The molecular formula is C13H23NS. The Labute approximate surface area is 97.9 Å². The van der Waals surface area contributed by atoms with E-state index in [-0.39, 0.29) is 0 Å². The highest BCUT2D eigenvalue weighted by atomic mass is 32.1. The third-order valence-electron chi connectivity index (χ3n) is 3.17. The van der Waals surface area contributed by atoms with Crippen molar-refractivity contribution in [1.82, 2.24) is 5.32 Å². The van der Waals surface area contributed by atoms with E-state index >= 15 is 0 Å². The van der Waals surface area contributed by atoms with Crippen molar-refractivity contribution in [2.45, 2.75) is 46.1 Å². The Bertz CT molecular complexity index is 239. The fourth-order valence-corrected chi connectivity index (χ4v) is 2.75. The van der Waals surface area contributed by atoms with Crippen LogP contribution in [0.25, 0.3) is 0 Å². The minimum absolute atomic E-state index is 0.653. The van der Waals surface area contributed by atoms with Crippen LogP contribution in [0.3, 0.4) is 0 Å². The van der Waals surface area contributed by atoms with Gasteiger partial charge in [0.15, 0.2) is 0 Å². The Morgan fingerprint density at radius 3 is 2.60 bits per heavy atom. The van der Waals surface area contributed by atoms with Crippen molar-refractivity contribution >= 4 is 11.3 Å². The van der Waals surface area contributed by atoms with Crippen molar-refractivity contribution in [3.8, 4) is 0 Å². The maximum Gasteiger partial charge on any atom is 0.00669 e. The van der Waals surface area contributed by atoms with Gasteiger partial charge in [-0.05, 0) is 30.7 Å². The summed E-state index contributed by atoms with van der Waals surface area (Å²) in [6.07, 6.45) is 3.73. The molecule has 0 fully saturated rings. The fraction of sp³-hybridized carbons (Fsp3) is 0.692. The molecule has 1 aromatic rings. The van der Waals surface area contributed by atoms with Crippen molar-refractivity contribution in [3.05, 3.63) is 22.4 Å². The quantitative estimate of drug-likeness (QED) is 0.746. The summed E-state index contributed by atoms with van der Waals surface area (Å²) in [5, 5.41) is 5.78. The highest BCUT2D eigenvalue weighted by Gasteiger charge is 2.11. The Balaban J connectivity index is 2.19. The van der Waals surface area contributed by atoms with Gasteiger partial charge in [-0.2, -0.15) is 0 Å².